The highest BCUT2D eigenvalue weighted by Crippen LogP contribution is 2.28. The van der Waals surface area contributed by atoms with Crippen LogP contribution in [0, 0.1) is 0 Å². The second kappa shape index (κ2) is 7.52. The number of rotatable bonds is 5. The third-order valence-corrected chi connectivity index (χ3v) is 5.04. The maximum absolute atomic E-state index is 13.1. The molecule has 1 aromatic carbocycles. The number of carbonyl (C=O) groups excluding carboxylic acids is 1. The van der Waals surface area contributed by atoms with Gasteiger partial charge in [-0.05, 0) is 43.2 Å². The van der Waals surface area contributed by atoms with E-state index in [4.69, 9.17) is 21.1 Å². The van der Waals surface area contributed by atoms with Crippen LogP contribution in [0.3, 0.4) is 0 Å². The minimum atomic E-state index is -0.912. The van der Waals surface area contributed by atoms with Crippen molar-refractivity contribution in [3.8, 4) is 17.1 Å². The molecule has 144 valence electrons. The second-order valence-electron chi connectivity index (χ2n) is 6.68. The fraction of sp³-hybridized carbons (Fsp3) is 0.250. The van der Waals surface area contributed by atoms with Crippen LogP contribution in [0.1, 0.15) is 29.8 Å². The van der Waals surface area contributed by atoms with Crippen LogP contribution in [0.15, 0.2) is 53.1 Å². The lowest BCUT2D eigenvalue weighted by molar-refractivity contribution is -0.137. The summed E-state index contributed by atoms with van der Waals surface area (Å²) in [7, 11) is 0. The third kappa shape index (κ3) is 3.53. The average Bonchev–Trinajstić information content (AvgIpc) is 3.40. The maximum atomic E-state index is 13.1. The Morgan fingerprint density at radius 3 is 2.82 bits per heavy atom. The highest BCUT2D eigenvalue weighted by atomic mass is 35.5. The summed E-state index contributed by atoms with van der Waals surface area (Å²) in [5, 5.41) is 14.2. The molecular formula is C20H18ClN3O4. The lowest BCUT2D eigenvalue weighted by Gasteiger charge is -2.22. The quantitative estimate of drug-likeness (QED) is 0.703. The summed E-state index contributed by atoms with van der Waals surface area (Å²) in [6, 6.07) is 12.0. The maximum Gasteiger partial charge on any atom is 0.305 e. The molecule has 0 bridgehead atoms. The molecule has 1 aliphatic heterocycles. The Morgan fingerprint density at radius 1 is 1.25 bits per heavy atom. The van der Waals surface area contributed by atoms with Crippen molar-refractivity contribution in [2.75, 3.05) is 6.54 Å². The van der Waals surface area contributed by atoms with Crippen molar-refractivity contribution in [3.05, 3.63) is 59.4 Å². The number of benzene rings is 1. The zero-order valence-corrected chi connectivity index (χ0v) is 15.7. The Labute approximate surface area is 166 Å². The lowest BCUT2D eigenvalue weighted by atomic mass is 10.1. The van der Waals surface area contributed by atoms with Gasteiger partial charge in [-0.1, -0.05) is 17.7 Å². The summed E-state index contributed by atoms with van der Waals surface area (Å²) >= 11 is 6.12. The molecule has 0 radical (unpaired) electrons. The van der Waals surface area contributed by atoms with Gasteiger partial charge in [0.25, 0.3) is 5.91 Å². The van der Waals surface area contributed by atoms with Gasteiger partial charge in [-0.25, -0.2) is 4.68 Å². The number of likely N-dealkylation sites (tertiary alicyclic amines) is 1. The minimum Gasteiger partial charge on any atom is -0.481 e. The minimum absolute atomic E-state index is 0.0637. The van der Waals surface area contributed by atoms with E-state index in [-0.39, 0.29) is 24.1 Å². The van der Waals surface area contributed by atoms with Gasteiger partial charge in [0.05, 0.1) is 18.4 Å². The van der Waals surface area contributed by atoms with E-state index >= 15 is 0 Å². The summed E-state index contributed by atoms with van der Waals surface area (Å²) in [6.45, 7) is 0.525. The van der Waals surface area contributed by atoms with E-state index in [1.54, 1.807) is 52.2 Å². The number of carbonyl (C=O) groups is 2. The van der Waals surface area contributed by atoms with Crippen molar-refractivity contribution in [3.63, 3.8) is 0 Å². The van der Waals surface area contributed by atoms with Crippen LogP contribution in [0.2, 0.25) is 5.02 Å². The largest absolute Gasteiger partial charge is 0.481 e. The Bertz CT molecular complexity index is 1010. The van der Waals surface area contributed by atoms with E-state index in [2.05, 4.69) is 5.10 Å². The van der Waals surface area contributed by atoms with Crippen molar-refractivity contribution in [2.45, 2.75) is 25.3 Å². The number of carboxylic acids is 1. The zero-order chi connectivity index (χ0) is 19.7. The highest BCUT2D eigenvalue weighted by Gasteiger charge is 2.32. The molecule has 1 saturated heterocycles. The molecule has 8 heteroatoms. The van der Waals surface area contributed by atoms with Gasteiger partial charge in [-0.15, -0.1) is 0 Å². The van der Waals surface area contributed by atoms with Gasteiger partial charge in [0, 0.05) is 23.7 Å². The Kier molecular flexibility index (Phi) is 4.92. The summed E-state index contributed by atoms with van der Waals surface area (Å²) in [5.74, 6) is -0.627. The van der Waals surface area contributed by atoms with E-state index < -0.39 is 5.97 Å². The monoisotopic (exact) mass is 399 g/mol. The van der Waals surface area contributed by atoms with Crippen LogP contribution in [0.5, 0.6) is 0 Å². The number of hydrogen-bond acceptors (Lipinski definition) is 4. The number of amides is 1. The highest BCUT2D eigenvalue weighted by molar-refractivity contribution is 6.30. The summed E-state index contributed by atoms with van der Waals surface area (Å²) in [4.78, 5) is 25.8. The van der Waals surface area contributed by atoms with Gasteiger partial charge < -0.3 is 14.4 Å². The summed E-state index contributed by atoms with van der Waals surface area (Å²) < 4.78 is 7.12. The first-order valence-electron chi connectivity index (χ1n) is 8.95. The van der Waals surface area contributed by atoms with E-state index in [9.17, 15) is 9.59 Å². The molecule has 1 N–H and O–H groups in total. The van der Waals surface area contributed by atoms with Gasteiger partial charge in [0.15, 0.2) is 11.5 Å². The number of hydrogen-bond donors (Lipinski definition) is 1. The topological polar surface area (TPSA) is 88.6 Å². The van der Waals surface area contributed by atoms with E-state index in [1.165, 1.54) is 0 Å². The van der Waals surface area contributed by atoms with Gasteiger partial charge in [0.2, 0.25) is 0 Å². The van der Waals surface area contributed by atoms with E-state index in [1.807, 2.05) is 6.07 Å². The number of nitrogens with zero attached hydrogens (tertiary/aromatic N) is 3. The summed E-state index contributed by atoms with van der Waals surface area (Å²) in [6.07, 6.45) is 2.95. The average molecular weight is 400 g/mol. The smallest absolute Gasteiger partial charge is 0.305 e. The van der Waals surface area contributed by atoms with Crippen molar-refractivity contribution in [1.82, 2.24) is 14.7 Å². The van der Waals surface area contributed by atoms with Gasteiger partial charge >= 0.3 is 5.97 Å². The SMILES string of the molecule is O=C(O)CC1CCCN1C(=O)c1cc(-c2ccco2)n(-c2cccc(Cl)c2)n1. The Hall–Kier alpha value is -3.06. The first-order valence-corrected chi connectivity index (χ1v) is 9.33. The fourth-order valence-electron chi connectivity index (χ4n) is 3.55. The first-order chi connectivity index (χ1) is 13.5. The fourth-order valence-corrected chi connectivity index (χ4v) is 3.74. The molecule has 1 unspecified atom stereocenters. The molecule has 2 aromatic heterocycles. The first kappa shape index (κ1) is 18.3. The molecular weight excluding hydrogens is 382 g/mol. The molecule has 7 nitrogen and oxygen atoms in total. The molecule has 3 aromatic rings. The van der Waals surface area contributed by atoms with Crippen LogP contribution in [0.25, 0.3) is 17.1 Å². The Balaban J connectivity index is 1.73. The molecule has 1 aliphatic rings. The standard InChI is InChI=1S/C20H18ClN3O4/c21-13-4-1-5-15(10-13)24-17(18-7-3-9-28-18)12-16(22-24)20(27)23-8-2-6-14(23)11-19(25)26/h1,3-5,7,9-10,12,14H,2,6,8,11H2,(H,25,26). The molecule has 0 spiro atoms. The van der Waals surface area contributed by atoms with E-state index in [0.717, 1.165) is 6.42 Å². The van der Waals surface area contributed by atoms with Gasteiger partial charge in [-0.2, -0.15) is 5.10 Å². The molecule has 28 heavy (non-hydrogen) atoms. The number of aliphatic carboxylic acids is 1. The van der Waals surface area contributed by atoms with Crippen LogP contribution < -0.4 is 0 Å². The van der Waals surface area contributed by atoms with Gasteiger partial charge in [-0.3, -0.25) is 9.59 Å². The van der Waals surface area contributed by atoms with Crippen LogP contribution in [-0.2, 0) is 4.79 Å². The number of aromatic nitrogens is 2. The van der Waals surface area contributed by atoms with Crippen molar-refractivity contribution in [2.24, 2.45) is 0 Å². The normalized spacial score (nSPS) is 16.5. The van der Waals surface area contributed by atoms with Crippen molar-refractivity contribution >= 4 is 23.5 Å². The molecule has 1 amide bonds. The Morgan fingerprint density at radius 2 is 2.11 bits per heavy atom. The predicted octanol–water partition coefficient (Wildman–Crippen LogP) is 3.87. The number of furan rings is 1. The molecule has 1 atom stereocenters. The lowest BCUT2D eigenvalue weighted by Crippen LogP contribution is -2.37. The van der Waals surface area contributed by atoms with Crippen molar-refractivity contribution in [1.29, 1.82) is 0 Å². The third-order valence-electron chi connectivity index (χ3n) is 4.80. The number of halogens is 1. The molecule has 4 rings (SSSR count). The van der Waals surface area contributed by atoms with Crippen molar-refractivity contribution < 1.29 is 19.1 Å². The molecule has 1 fully saturated rings. The molecule has 0 saturated carbocycles. The second-order valence-corrected chi connectivity index (χ2v) is 7.11. The predicted molar refractivity (Wildman–Crippen MR) is 103 cm³/mol. The molecule has 3 heterocycles. The van der Waals surface area contributed by atoms with Crippen LogP contribution in [0.4, 0.5) is 0 Å². The molecule has 0 aliphatic carbocycles. The van der Waals surface area contributed by atoms with Gasteiger partial charge in [0.1, 0.15) is 5.69 Å². The van der Waals surface area contributed by atoms with Crippen LogP contribution in [-0.4, -0.2) is 44.3 Å². The number of carboxylic acid groups (broad SMARTS) is 1. The zero-order valence-electron chi connectivity index (χ0n) is 14.9. The summed E-state index contributed by atoms with van der Waals surface area (Å²) in [5.41, 5.74) is 1.55. The van der Waals surface area contributed by atoms with Crippen LogP contribution >= 0.6 is 11.6 Å². The van der Waals surface area contributed by atoms with E-state index in [0.29, 0.717) is 35.1 Å².